The highest BCUT2D eigenvalue weighted by atomic mass is 16.5. The molecule has 2 aromatic rings. The topological polar surface area (TPSA) is 73.1 Å². The average molecular weight is 258 g/mol. The fraction of sp³-hybridized carbons (Fsp3) is 0.429. The Labute approximate surface area is 112 Å². The maximum Gasteiger partial charge on any atom is 0.257 e. The standard InChI is InChI=1S/C14H18N4O/c15-13-14(19-9-10-4-3-7-16-8-10)18-12-6-2-1-5-11(12)17-13/h1-2,5-6,10,16H,3-4,7-9H2,(H2,15,17)/t10-/m0/s1. The van der Waals surface area contributed by atoms with E-state index in [1.807, 2.05) is 24.3 Å². The molecule has 0 aliphatic carbocycles. The Morgan fingerprint density at radius 3 is 2.79 bits per heavy atom. The predicted octanol–water partition coefficient (Wildman–Crippen LogP) is 1.59. The van der Waals surface area contributed by atoms with Crippen molar-refractivity contribution in [2.24, 2.45) is 5.92 Å². The molecule has 5 heteroatoms. The minimum atomic E-state index is 0.363. The van der Waals surface area contributed by atoms with Gasteiger partial charge in [-0.15, -0.1) is 0 Å². The first-order valence-corrected chi connectivity index (χ1v) is 6.69. The van der Waals surface area contributed by atoms with E-state index >= 15 is 0 Å². The fourth-order valence-electron chi connectivity index (χ4n) is 2.37. The molecule has 0 radical (unpaired) electrons. The molecule has 0 saturated carbocycles. The minimum absolute atomic E-state index is 0.363. The zero-order valence-electron chi connectivity index (χ0n) is 10.8. The highest BCUT2D eigenvalue weighted by molar-refractivity contribution is 5.76. The monoisotopic (exact) mass is 258 g/mol. The van der Waals surface area contributed by atoms with Crippen LogP contribution in [0.4, 0.5) is 5.82 Å². The van der Waals surface area contributed by atoms with Gasteiger partial charge in [-0.1, -0.05) is 12.1 Å². The van der Waals surface area contributed by atoms with Crippen LogP contribution >= 0.6 is 0 Å². The number of rotatable bonds is 3. The molecule has 1 atom stereocenters. The molecule has 3 rings (SSSR count). The summed E-state index contributed by atoms with van der Waals surface area (Å²) in [7, 11) is 0. The largest absolute Gasteiger partial charge is 0.475 e. The van der Waals surface area contributed by atoms with Crippen molar-refractivity contribution in [1.29, 1.82) is 0 Å². The number of benzene rings is 1. The van der Waals surface area contributed by atoms with Crippen LogP contribution in [0.15, 0.2) is 24.3 Å². The predicted molar refractivity (Wildman–Crippen MR) is 75.0 cm³/mol. The fourth-order valence-corrected chi connectivity index (χ4v) is 2.37. The number of nitrogens with zero attached hydrogens (tertiary/aromatic N) is 2. The van der Waals surface area contributed by atoms with Crippen LogP contribution < -0.4 is 15.8 Å². The van der Waals surface area contributed by atoms with Gasteiger partial charge in [-0.25, -0.2) is 9.97 Å². The summed E-state index contributed by atoms with van der Waals surface area (Å²) in [5.74, 6) is 1.34. The van der Waals surface area contributed by atoms with Crippen molar-refractivity contribution < 1.29 is 4.74 Å². The van der Waals surface area contributed by atoms with Crippen LogP contribution in [0.5, 0.6) is 5.88 Å². The molecule has 0 amide bonds. The SMILES string of the molecule is Nc1nc2ccccc2nc1OC[C@H]1CCCNC1. The molecule has 1 aliphatic rings. The smallest absolute Gasteiger partial charge is 0.257 e. The van der Waals surface area contributed by atoms with Gasteiger partial charge in [0.25, 0.3) is 5.88 Å². The van der Waals surface area contributed by atoms with E-state index in [0.717, 1.165) is 24.1 Å². The number of nitrogen functional groups attached to an aromatic ring is 1. The first-order valence-electron chi connectivity index (χ1n) is 6.69. The Morgan fingerprint density at radius 2 is 2.05 bits per heavy atom. The van der Waals surface area contributed by atoms with Crippen LogP contribution in [0, 0.1) is 5.92 Å². The normalized spacial score (nSPS) is 19.5. The van der Waals surface area contributed by atoms with Crippen molar-refractivity contribution in [1.82, 2.24) is 15.3 Å². The summed E-state index contributed by atoms with van der Waals surface area (Å²) in [5.41, 5.74) is 7.50. The lowest BCUT2D eigenvalue weighted by Gasteiger charge is -2.22. The Hall–Kier alpha value is -1.88. The van der Waals surface area contributed by atoms with Gasteiger partial charge in [0, 0.05) is 12.5 Å². The van der Waals surface area contributed by atoms with Gasteiger partial charge in [-0.05, 0) is 31.5 Å². The van der Waals surface area contributed by atoms with E-state index in [2.05, 4.69) is 15.3 Å². The number of aromatic nitrogens is 2. The van der Waals surface area contributed by atoms with Gasteiger partial charge in [-0.3, -0.25) is 0 Å². The van der Waals surface area contributed by atoms with Crippen molar-refractivity contribution in [2.45, 2.75) is 12.8 Å². The molecule has 0 unspecified atom stereocenters. The molecule has 1 aromatic carbocycles. The molecule has 1 aromatic heterocycles. The van der Waals surface area contributed by atoms with Crippen LogP contribution in [0.1, 0.15) is 12.8 Å². The molecule has 1 saturated heterocycles. The zero-order valence-corrected chi connectivity index (χ0v) is 10.8. The van der Waals surface area contributed by atoms with E-state index < -0.39 is 0 Å². The van der Waals surface area contributed by atoms with E-state index in [0.29, 0.717) is 24.2 Å². The second-order valence-corrected chi connectivity index (χ2v) is 4.93. The second kappa shape index (κ2) is 5.40. The van der Waals surface area contributed by atoms with E-state index in [4.69, 9.17) is 10.5 Å². The molecule has 1 aliphatic heterocycles. The number of anilines is 1. The lowest BCUT2D eigenvalue weighted by Crippen LogP contribution is -2.33. The van der Waals surface area contributed by atoms with Crippen LogP contribution in [0.2, 0.25) is 0 Å². The van der Waals surface area contributed by atoms with E-state index in [1.165, 1.54) is 12.8 Å². The van der Waals surface area contributed by atoms with Crippen LogP contribution in [-0.2, 0) is 0 Å². The molecule has 100 valence electrons. The van der Waals surface area contributed by atoms with Crippen molar-refractivity contribution in [3.05, 3.63) is 24.3 Å². The Kier molecular flexibility index (Phi) is 3.46. The molecule has 1 fully saturated rings. The minimum Gasteiger partial charge on any atom is -0.475 e. The van der Waals surface area contributed by atoms with Crippen LogP contribution in [0.25, 0.3) is 11.0 Å². The summed E-state index contributed by atoms with van der Waals surface area (Å²) < 4.78 is 5.75. The molecular formula is C14H18N4O. The Bertz CT molecular complexity index is 566. The van der Waals surface area contributed by atoms with Gasteiger partial charge in [0.15, 0.2) is 5.82 Å². The average Bonchev–Trinajstić information content (AvgIpc) is 2.46. The highest BCUT2D eigenvalue weighted by Gasteiger charge is 2.15. The van der Waals surface area contributed by atoms with Gasteiger partial charge in [0.2, 0.25) is 0 Å². The quantitative estimate of drug-likeness (QED) is 0.874. The number of hydrogen-bond acceptors (Lipinski definition) is 5. The summed E-state index contributed by atoms with van der Waals surface area (Å²) in [5, 5.41) is 3.37. The van der Waals surface area contributed by atoms with Gasteiger partial charge in [0.1, 0.15) is 0 Å². The number of ether oxygens (including phenoxy) is 1. The third kappa shape index (κ3) is 2.76. The summed E-state index contributed by atoms with van der Waals surface area (Å²) >= 11 is 0. The molecule has 2 heterocycles. The number of hydrogen-bond donors (Lipinski definition) is 2. The number of fused-ring (bicyclic) bond motifs is 1. The van der Waals surface area contributed by atoms with Crippen LogP contribution in [0.3, 0.4) is 0 Å². The van der Waals surface area contributed by atoms with Crippen molar-refractivity contribution in [2.75, 3.05) is 25.4 Å². The zero-order chi connectivity index (χ0) is 13.1. The summed E-state index contributed by atoms with van der Waals surface area (Å²) in [6, 6.07) is 7.66. The highest BCUT2D eigenvalue weighted by Crippen LogP contribution is 2.21. The van der Waals surface area contributed by atoms with Crippen molar-refractivity contribution >= 4 is 16.9 Å². The summed E-state index contributed by atoms with van der Waals surface area (Å²) in [6.07, 6.45) is 2.39. The van der Waals surface area contributed by atoms with Crippen LogP contribution in [-0.4, -0.2) is 29.7 Å². The molecule has 19 heavy (non-hydrogen) atoms. The maximum absolute atomic E-state index is 5.89. The van der Waals surface area contributed by atoms with Crippen molar-refractivity contribution in [3.63, 3.8) is 0 Å². The first kappa shape index (κ1) is 12.2. The molecule has 0 bridgehead atoms. The molecule has 3 N–H and O–H groups in total. The second-order valence-electron chi connectivity index (χ2n) is 4.93. The third-order valence-electron chi connectivity index (χ3n) is 3.42. The number of nitrogens with two attached hydrogens (primary N) is 1. The Balaban J connectivity index is 1.74. The number of nitrogens with one attached hydrogen (secondary N) is 1. The van der Waals surface area contributed by atoms with E-state index in [9.17, 15) is 0 Å². The summed E-state index contributed by atoms with van der Waals surface area (Å²) in [6.45, 7) is 2.75. The third-order valence-corrected chi connectivity index (χ3v) is 3.42. The molecule has 5 nitrogen and oxygen atoms in total. The summed E-state index contributed by atoms with van der Waals surface area (Å²) in [4.78, 5) is 8.74. The van der Waals surface area contributed by atoms with E-state index in [-0.39, 0.29) is 0 Å². The van der Waals surface area contributed by atoms with Crippen molar-refractivity contribution in [3.8, 4) is 5.88 Å². The van der Waals surface area contributed by atoms with Gasteiger partial charge in [-0.2, -0.15) is 0 Å². The molecule has 0 spiro atoms. The number of piperidine rings is 1. The molecular weight excluding hydrogens is 240 g/mol. The maximum atomic E-state index is 5.89. The van der Waals surface area contributed by atoms with E-state index in [1.54, 1.807) is 0 Å². The van der Waals surface area contributed by atoms with Gasteiger partial charge < -0.3 is 15.8 Å². The first-order chi connectivity index (χ1) is 9.33. The Morgan fingerprint density at radius 1 is 1.26 bits per heavy atom. The van der Waals surface area contributed by atoms with Gasteiger partial charge in [0.05, 0.1) is 17.6 Å². The van der Waals surface area contributed by atoms with Gasteiger partial charge >= 0.3 is 0 Å². The lowest BCUT2D eigenvalue weighted by atomic mass is 10.0. The number of para-hydroxylation sites is 2. The lowest BCUT2D eigenvalue weighted by molar-refractivity contribution is 0.213.